The van der Waals surface area contributed by atoms with Crippen molar-refractivity contribution >= 4 is 9.84 Å². The Bertz CT molecular complexity index is 289. The van der Waals surface area contributed by atoms with Crippen molar-refractivity contribution in [2.75, 3.05) is 24.7 Å². The van der Waals surface area contributed by atoms with Crippen LogP contribution < -0.4 is 5.32 Å². The van der Waals surface area contributed by atoms with Crippen molar-refractivity contribution in [3.8, 4) is 0 Å². The predicted molar refractivity (Wildman–Crippen MR) is 57.4 cm³/mol. The number of rotatable bonds is 5. The molecule has 0 aliphatic carbocycles. The maximum atomic E-state index is 11.2. The van der Waals surface area contributed by atoms with Gasteiger partial charge in [-0.1, -0.05) is 6.92 Å². The van der Waals surface area contributed by atoms with E-state index in [1.165, 1.54) is 0 Å². The van der Waals surface area contributed by atoms with Gasteiger partial charge in [-0.25, -0.2) is 8.42 Å². The molecule has 0 aromatic rings. The van der Waals surface area contributed by atoms with Crippen LogP contribution in [0.1, 0.15) is 19.8 Å². The first-order chi connectivity index (χ1) is 6.97. The highest BCUT2D eigenvalue weighted by atomic mass is 32.2. The summed E-state index contributed by atoms with van der Waals surface area (Å²) in [5.74, 6) is 0.302. The number of nitrogens with one attached hydrogen (secondary N) is 1. The fraction of sp³-hybridized carbons (Fsp3) is 1.00. The van der Waals surface area contributed by atoms with Gasteiger partial charge in [0.1, 0.15) is 0 Å². The third-order valence-corrected chi connectivity index (χ3v) is 4.79. The molecule has 3 N–H and O–H groups in total. The van der Waals surface area contributed by atoms with Crippen molar-refractivity contribution in [2.45, 2.75) is 31.3 Å². The van der Waals surface area contributed by atoms with Crippen molar-refractivity contribution in [1.29, 1.82) is 0 Å². The van der Waals surface area contributed by atoms with Crippen molar-refractivity contribution in [2.24, 2.45) is 0 Å². The number of hydrogen-bond donors (Lipinski definition) is 3. The Balaban J connectivity index is 2.61. The summed E-state index contributed by atoms with van der Waals surface area (Å²) in [6, 6.07) is -0.144. The van der Waals surface area contributed by atoms with E-state index in [-0.39, 0.29) is 30.8 Å². The van der Waals surface area contributed by atoms with E-state index >= 15 is 0 Å². The Morgan fingerprint density at radius 3 is 2.33 bits per heavy atom. The Morgan fingerprint density at radius 2 is 2.00 bits per heavy atom. The lowest BCUT2D eigenvalue weighted by Crippen LogP contribution is -2.55. The first-order valence-corrected chi connectivity index (χ1v) is 6.99. The van der Waals surface area contributed by atoms with Gasteiger partial charge in [-0.2, -0.15) is 0 Å². The van der Waals surface area contributed by atoms with E-state index in [4.69, 9.17) is 0 Å². The van der Waals surface area contributed by atoms with Crippen molar-refractivity contribution in [1.82, 2.24) is 5.32 Å². The standard InChI is InChI=1S/C9H19NO4S/c1-2-9(6-11,7-12)10-8-3-4-15(13,14)5-8/h8,10-12H,2-7H2,1H3. The van der Waals surface area contributed by atoms with Crippen LogP contribution in [0.3, 0.4) is 0 Å². The molecule has 0 radical (unpaired) electrons. The highest BCUT2D eigenvalue weighted by molar-refractivity contribution is 7.91. The monoisotopic (exact) mass is 237 g/mol. The van der Waals surface area contributed by atoms with Crippen LogP contribution in [-0.2, 0) is 9.84 Å². The molecular weight excluding hydrogens is 218 g/mol. The van der Waals surface area contributed by atoms with Crippen molar-refractivity contribution in [3.63, 3.8) is 0 Å². The molecule has 1 unspecified atom stereocenters. The molecule has 90 valence electrons. The molecule has 1 aliphatic rings. The molecule has 0 aromatic carbocycles. The first-order valence-electron chi connectivity index (χ1n) is 5.17. The lowest BCUT2D eigenvalue weighted by atomic mass is 9.97. The number of sulfone groups is 1. The normalized spacial score (nSPS) is 25.7. The zero-order valence-corrected chi connectivity index (χ0v) is 9.76. The SMILES string of the molecule is CCC(CO)(CO)NC1CCS(=O)(=O)C1. The summed E-state index contributed by atoms with van der Waals surface area (Å²) in [5, 5.41) is 21.4. The fourth-order valence-corrected chi connectivity index (χ4v) is 3.48. The average molecular weight is 237 g/mol. The summed E-state index contributed by atoms with van der Waals surface area (Å²) in [5.41, 5.74) is -0.746. The lowest BCUT2D eigenvalue weighted by Gasteiger charge is -2.32. The van der Waals surface area contributed by atoms with E-state index < -0.39 is 15.4 Å². The lowest BCUT2D eigenvalue weighted by molar-refractivity contribution is 0.0800. The van der Waals surface area contributed by atoms with E-state index in [9.17, 15) is 18.6 Å². The summed E-state index contributed by atoms with van der Waals surface area (Å²) in [4.78, 5) is 0. The first kappa shape index (κ1) is 12.9. The molecule has 1 saturated heterocycles. The smallest absolute Gasteiger partial charge is 0.151 e. The van der Waals surface area contributed by atoms with E-state index in [0.717, 1.165) is 0 Å². The molecule has 0 spiro atoms. The predicted octanol–water partition coefficient (Wildman–Crippen LogP) is -1.10. The highest BCUT2D eigenvalue weighted by Gasteiger charge is 2.35. The molecule has 1 heterocycles. The minimum Gasteiger partial charge on any atom is -0.394 e. The third-order valence-electron chi connectivity index (χ3n) is 3.02. The molecule has 15 heavy (non-hydrogen) atoms. The highest BCUT2D eigenvalue weighted by Crippen LogP contribution is 2.17. The van der Waals surface area contributed by atoms with Gasteiger partial charge in [-0.3, -0.25) is 0 Å². The number of aliphatic hydroxyl groups is 2. The van der Waals surface area contributed by atoms with Gasteiger partial charge in [0.05, 0.1) is 30.3 Å². The quantitative estimate of drug-likeness (QED) is 0.565. The zero-order valence-electron chi connectivity index (χ0n) is 8.94. The molecule has 1 rings (SSSR count). The van der Waals surface area contributed by atoms with E-state index in [2.05, 4.69) is 5.32 Å². The van der Waals surface area contributed by atoms with Crippen LogP contribution in [0.2, 0.25) is 0 Å². The Labute approximate surface area is 90.4 Å². The maximum Gasteiger partial charge on any atom is 0.151 e. The molecular formula is C9H19NO4S. The molecule has 1 fully saturated rings. The van der Waals surface area contributed by atoms with Gasteiger partial charge >= 0.3 is 0 Å². The summed E-state index contributed by atoms with van der Waals surface area (Å²) in [7, 11) is -2.92. The van der Waals surface area contributed by atoms with Crippen molar-refractivity contribution in [3.05, 3.63) is 0 Å². The minimum absolute atomic E-state index is 0.106. The van der Waals surface area contributed by atoms with Crippen LogP contribution in [0.25, 0.3) is 0 Å². The van der Waals surface area contributed by atoms with Crippen LogP contribution >= 0.6 is 0 Å². The van der Waals surface area contributed by atoms with Crippen LogP contribution in [0.5, 0.6) is 0 Å². The molecule has 5 nitrogen and oxygen atoms in total. The summed E-state index contributed by atoms with van der Waals surface area (Å²) >= 11 is 0. The Kier molecular flexibility index (Phi) is 4.11. The maximum absolute atomic E-state index is 11.2. The van der Waals surface area contributed by atoms with Gasteiger partial charge in [0, 0.05) is 6.04 Å². The average Bonchev–Trinajstić information content (AvgIpc) is 2.55. The van der Waals surface area contributed by atoms with Gasteiger partial charge in [0.25, 0.3) is 0 Å². The van der Waals surface area contributed by atoms with E-state index in [1.807, 2.05) is 6.92 Å². The van der Waals surface area contributed by atoms with Crippen LogP contribution in [0.15, 0.2) is 0 Å². The molecule has 0 amide bonds. The van der Waals surface area contributed by atoms with Crippen LogP contribution in [-0.4, -0.2) is 54.9 Å². The summed E-state index contributed by atoms with van der Waals surface area (Å²) in [6.45, 7) is 1.48. The largest absolute Gasteiger partial charge is 0.394 e. The molecule has 0 aromatic heterocycles. The zero-order chi connectivity index (χ0) is 11.5. The molecule has 1 atom stereocenters. The fourth-order valence-electron chi connectivity index (χ4n) is 1.81. The second-order valence-electron chi connectivity index (χ2n) is 4.19. The second-order valence-corrected chi connectivity index (χ2v) is 6.42. The molecule has 1 aliphatic heterocycles. The molecule has 0 bridgehead atoms. The van der Waals surface area contributed by atoms with E-state index in [1.54, 1.807) is 0 Å². The summed E-state index contributed by atoms with van der Waals surface area (Å²) in [6.07, 6.45) is 1.13. The van der Waals surface area contributed by atoms with Crippen LogP contribution in [0.4, 0.5) is 0 Å². The summed E-state index contributed by atoms with van der Waals surface area (Å²) < 4.78 is 22.5. The number of aliphatic hydroxyl groups excluding tert-OH is 2. The second kappa shape index (κ2) is 4.78. The van der Waals surface area contributed by atoms with Gasteiger partial charge < -0.3 is 15.5 Å². The van der Waals surface area contributed by atoms with Gasteiger partial charge in [-0.15, -0.1) is 0 Å². The van der Waals surface area contributed by atoms with Crippen molar-refractivity contribution < 1.29 is 18.6 Å². The number of hydrogen-bond acceptors (Lipinski definition) is 5. The van der Waals surface area contributed by atoms with Gasteiger partial charge in [-0.05, 0) is 12.8 Å². The topological polar surface area (TPSA) is 86.6 Å². The van der Waals surface area contributed by atoms with Crippen LogP contribution in [0, 0.1) is 0 Å². The van der Waals surface area contributed by atoms with Gasteiger partial charge in [0.15, 0.2) is 9.84 Å². The molecule has 6 heteroatoms. The molecule has 0 saturated carbocycles. The Morgan fingerprint density at radius 1 is 1.40 bits per heavy atom. The third kappa shape index (κ3) is 3.14. The van der Waals surface area contributed by atoms with Gasteiger partial charge in [0.2, 0.25) is 0 Å². The minimum atomic E-state index is -2.92. The Hall–Kier alpha value is -0.170. The van der Waals surface area contributed by atoms with E-state index in [0.29, 0.717) is 12.8 Å².